The van der Waals surface area contributed by atoms with Crippen molar-refractivity contribution >= 4 is 17.5 Å². The van der Waals surface area contributed by atoms with Crippen LogP contribution in [0.1, 0.15) is 28.8 Å². The maximum atomic E-state index is 14.9. The number of likely N-dealkylation sites (tertiary alicyclic amines) is 1. The van der Waals surface area contributed by atoms with Gasteiger partial charge in [0.05, 0.1) is 22.4 Å². The lowest BCUT2D eigenvalue weighted by Gasteiger charge is -2.18. The van der Waals surface area contributed by atoms with Crippen molar-refractivity contribution in [2.75, 3.05) is 43.9 Å². The molecule has 43 heavy (non-hydrogen) atoms. The standard InChI is InChI=1S/C29H27F4N7O3/c1-34-28-37-17-36-25(39-28)20-5-4-10-35-27(20)43-19-7-8-22(30)21(16-19)26(41)38-23-15-18(29(31,32)33)6-9-24(23)42-14-13-40-11-2-3-12-40/h4-10,15-17H,2-3,11-14H2,1H3,(H,38,41)(H,34,36,37,39). The van der Waals surface area contributed by atoms with E-state index in [0.717, 1.165) is 56.3 Å². The van der Waals surface area contributed by atoms with Gasteiger partial charge in [-0.15, -0.1) is 0 Å². The van der Waals surface area contributed by atoms with Crippen LogP contribution in [0.5, 0.6) is 17.4 Å². The Hall–Kier alpha value is -4.85. The molecule has 0 saturated carbocycles. The molecule has 0 radical (unpaired) electrons. The van der Waals surface area contributed by atoms with Crippen LogP contribution in [0.4, 0.5) is 29.2 Å². The van der Waals surface area contributed by atoms with Crippen LogP contribution in [0.15, 0.2) is 61.1 Å². The smallest absolute Gasteiger partial charge is 0.416 e. The molecule has 0 spiro atoms. The van der Waals surface area contributed by atoms with E-state index >= 15 is 0 Å². The minimum Gasteiger partial charge on any atom is -0.490 e. The van der Waals surface area contributed by atoms with E-state index in [0.29, 0.717) is 18.1 Å². The summed E-state index contributed by atoms with van der Waals surface area (Å²) in [4.78, 5) is 32.0. The topological polar surface area (TPSA) is 114 Å². The number of aromatic nitrogens is 4. The van der Waals surface area contributed by atoms with Crippen molar-refractivity contribution in [2.45, 2.75) is 19.0 Å². The first-order chi connectivity index (χ1) is 20.7. The lowest BCUT2D eigenvalue weighted by molar-refractivity contribution is -0.137. The molecule has 10 nitrogen and oxygen atoms in total. The van der Waals surface area contributed by atoms with E-state index in [1.807, 2.05) is 0 Å². The zero-order valence-corrected chi connectivity index (χ0v) is 23.0. The molecule has 1 saturated heterocycles. The largest absolute Gasteiger partial charge is 0.490 e. The van der Waals surface area contributed by atoms with Crippen molar-refractivity contribution in [3.8, 4) is 28.8 Å². The van der Waals surface area contributed by atoms with Crippen molar-refractivity contribution in [2.24, 2.45) is 0 Å². The summed E-state index contributed by atoms with van der Waals surface area (Å²) in [6, 6.07) is 9.49. The van der Waals surface area contributed by atoms with Gasteiger partial charge < -0.3 is 20.1 Å². The molecule has 1 amide bonds. The van der Waals surface area contributed by atoms with Gasteiger partial charge in [-0.2, -0.15) is 18.2 Å². The van der Waals surface area contributed by atoms with Gasteiger partial charge in [-0.1, -0.05) is 0 Å². The van der Waals surface area contributed by atoms with Gasteiger partial charge in [-0.05, 0) is 74.5 Å². The number of hydrogen-bond donors (Lipinski definition) is 2. The van der Waals surface area contributed by atoms with Gasteiger partial charge in [0.25, 0.3) is 5.91 Å². The van der Waals surface area contributed by atoms with Crippen LogP contribution in [0.25, 0.3) is 11.4 Å². The number of halogens is 4. The van der Waals surface area contributed by atoms with Crippen LogP contribution < -0.4 is 20.1 Å². The summed E-state index contributed by atoms with van der Waals surface area (Å²) in [7, 11) is 1.65. The predicted molar refractivity (Wildman–Crippen MR) is 150 cm³/mol. The van der Waals surface area contributed by atoms with Gasteiger partial charge in [0.15, 0.2) is 5.82 Å². The molecule has 0 unspecified atom stereocenters. The summed E-state index contributed by atoms with van der Waals surface area (Å²) in [5.41, 5.74) is -1.30. The maximum Gasteiger partial charge on any atom is 0.416 e. The Kier molecular flexibility index (Phi) is 8.95. The normalized spacial score (nSPS) is 13.5. The average molecular weight is 598 g/mol. The molecule has 3 heterocycles. The van der Waals surface area contributed by atoms with Crippen LogP contribution in [-0.2, 0) is 6.18 Å². The number of hydrogen-bond acceptors (Lipinski definition) is 9. The van der Waals surface area contributed by atoms with Crippen molar-refractivity contribution in [3.05, 3.63) is 78.0 Å². The molecule has 2 N–H and O–H groups in total. The van der Waals surface area contributed by atoms with E-state index in [4.69, 9.17) is 9.47 Å². The Morgan fingerprint density at radius 3 is 2.63 bits per heavy atom. The van der Waals surface area contributed by atoms with Crippen molar-refractivity contribution in [3.63, 3.8) is 0 Å². The summed E-state index contributed by atoms with van der Waals surface area (Å²) in [6.45, 7) is 2.63. The van der Waals surface area contributed by atoms with Gasteiger partial charge >= 0.3 is 6.18 Å². The van der Waals surface area contributed by atoms with Crippen LogP contribution in [-0.4, -0.2) is 64.0 Å². The van der Waals surface area contributed by atoms with E-state index in [1.165, 1.54) is 18.6 Å². The fourth-order valence-corrected chi connectivity index (χ4v) is 4.45. The molecular formula is C29H27F4N7O3. The van der Waals surface area contributed by atoms with Crippen LogP contribution in [0.3, 0.4) is 0 Å². The number of anilines is 2. The number of alkyl halides is 3. The average Bonchev–Trinajstić information content (AvgIpc) is 3.52. The highest BCUT2D eigenvalue weighted by atomic mass is 19.4. The monoisotopic (exact) mass is 597 g/mol. The van der Waals surface area contributed by atoms with E-state index in [9.17, 15) is 22.4 Å². The summed E-state index contributed by atoms with van der Waals surface area (Å²) >= 11 is 0. The first kappa shape index (κ1) is 29.6. The maximum absolute atomic E-state index is 14.9. The zero-order chi connectivity index (χ0) is 30.4. The third-order valence-corrected chi connectivity index (χ3v) is 6.62. The number of carbonyl (C=O) groups excluding carboxylic acids is 1. The molecule has 0 aliphatic carbocycles. The number of ether oxygens (including phenoxy) is 2. The molecule has 0 atom stereocenters. The van der Waals surface area contributed by atoms with E-state index in [-0.39, 0.29) is 35.5 Å². The lowest BCUT2D eigenvalue weighted by Crippen LogP contribution is -2.25. The molecule has 224 valence electrons. The molecule has 0 bridgehead atoms. The molecule has 1 fully saturated rings. The predicted octanol–water partition coefficient (Wildman–Crippen LogP) is 5.65. The molecule has 5 rings (SSSR count). The Bertz CT molecular complexity index is 1600. The second kappa shape index (κ2) is 13.0. The zero-order valence-electron chi connectivity index (χ0n) is 23.0. The molecule has 2 aromatic carbocycles. The number of nitrogens with one attached hydrogen (secondary N) is 2. The third-order valence-electron chi connectivity index (χ3n) is 6.62. The van der Waals surface area contributed by atoms with E-state index in [2.05, 4.69) is 35.5 Å². The lowest BCUT2D eigenvalue weighted by atomic mass is 10.1. The van der Waals surface area contributed by atoms with Gasteiger partial charge in [-0.3, -0.25) is 9.69 Å². The van der Waals surface area contributed by atoms with Crippen molar-refractivity contribution in [1.82, 2.24) is 24.8 Å². The Balaban J connectivity index is 1.38. The van der Waals surface area contributed by atoms with E-state index < -0.39 is 29.0 Å². The minimum absolute atomic E-state index is 0.0322. The van der Waals surface area contributed by atoms with Gasteiger partial charge in [0.1, 0.15) is 30.3 Å². The molecule has 14 heteroatoms. The summed E-state index contributed by atoms with van der Waals surface area (Å²) in [6.07, 6.45) is 0.261. The van der Waals surface area contributed by atoms with E-state index in [1.54, 1.807) is 19.2 Å². The third kappa shape index (κ3) is 7.33. The number of carbonyl (C=O) groups is 1. The van der Waals surface area contributed by atoms with Gasteiger partial charge in [0.2, 0.25) is 11.8 Å². The summed E-state index contributed by atoms with van der Waals surface area (Å²) in [5, 5.41) is 5.19. The molecular weight excluding hydrogens is 570 g/mol. The highest BCUT2D eigenvalue weighted by Crippen LogP contribution is 2.36. The van der Waals surface area contributed by atoms with Crippen LogP contribution >= 0.6 is 0 Å². The Morgan fingerprint density at radius 1 is 1.05 bits per heavy atom. The van der Waals surface area contributed by atoms with Gasteiger partial charge in [-0.25, -0.2) is 19.3 Å². The Labute approximate surface area is 244 Å². The van der Waals surface area contributed by atoms with Crippen LogP contribution in [0, 0.1) is 5.82 Å². The highest BCUT2D eigenvalue weighted by molar-refractivity contribution is 6.05. The van der Waals surface area contributed by atoms with Gasteiger partial charge in [0, 0.05) is 19.8 Å². The number of pyridine rings is 1. The molecule has 2 aromatic heterocycles. The molecule has 1 aliphatic heterocycles. The highest BCUT2D eigenvalue weighted by Gasteiger charge is 2.31. The minimum atomic E-state index is -4.67. The molecule has 1 aliphatic rings. The van der Waals surface area contributed by atoms with Crippen molar-refractivity contribution < 1.29 is 31.8 Å². The second-order valence-electron chi connectivity index (χ2n) is 9.54. The quantitative estimate of drug-likeness (QED) is 0.224. The number of nitrogens with zero attached hydrogens (tertiary/aromatic N) is 5. The summed E-state index contributed by atoms with van der Waals surface area (Å²) in [5.74, 6) is -1.20. The fourth-order valence-electron chi connectivity index (χ4n) is 4.45. The Morgan fingerprint density at radius 2 is 1.86 bits per heavy atom. The number of amides is 1. The first-order valence-electron chi connectivity index (χ1n) is 13.4. The fraction of sp³-hybridized carbons (Fsp3) is 0.276. The number of rotatable bonds is 10. The number of benzene rings is 2. The summed E-state index contributed by atoms with van der Waals surface area (Å²) < 4.78 is 66.9. The molecule has 4 aromatic rings. The first-order valence-corrected chi connectivity index (χ1v) is 13.4. The second-order valence-corrected chi connectivity index (χ2v) is 9.54. The van der Waals surface area contributed by atoms with Crippen LogP contribution in [0.2, 0.25) is 0 Å². The SMILES string of the molecule is CNc1ncnc(-c2cccnc2Oc2ccc(F)c(C(=O)Nc3cc(C(F)(F)F)ccc3OCCN3CCCC3)c2)n1. The van der Waals surface area contributed by atoms with Crippen molar-refractivity contribution in [1.29, 1.82) is 0 Å².